The Kier molecular flexibility index (Phi) is 4.56. The van der Waals surface area contributed by atoms with Crippen LogP contribution in [0.1, 0.15) is 24.0 Å². The van der Waals surface area contributed by atoms with E-state index in [9.17, 15) is 13.2 Å². The molecule has 5 heteroatoms. The third kappa shape index (κ3) is 4.21. The summed E-state index contributed by atoms with van der Waals surface area (Å²) in [5, 5.41) is 0. The van der Waals surface area contributed by atoms with Crippen LogP contribution in [-0.2, 0) is 12.7 Å². The third-order valence-electron chi connectivity index (χ3n) is 3.48. The molecule has 0 unspecified atom stereocenters. The lowest BCUT2D eigenvalue weighted by Crippen LogP contribution is -2.34. The SMILES string of the molecule is CN(Cc1ccc(C(F)(F)F)cc1)CC1CC(Br)C1. The molecule has 1 aromatic rings. The topological polar surface area (TPSA) is 3.24 Å². The molecule has 0 bridgehead atoms. The summed E-state index contributed by atoms with van der Waals surface area (Å²) in [7, 11) is 2.01. The van der Waals surface area contributed by atoms with Crippen LogP contribution in [0.25, 0.3) is 0 Å². The van der Waals surface area contributed by atoms with Gasteiger partial charge in [0.25, 0.3) is 0 Å². The van der Waals surface area contributed by atoms with Crippen molar-refractivity contribution in [3.63, 3.8) is 0 Å². The van der Waals surface area contributed by atoms with Crippen LogP contribution in [0.4, 0.5) is 13.2 Å². The monoisotopic (exact) mass is 335 g/mol. The first-order valence-corrected chi connectivity index (χ1v) is 7.25. The number of nitrogens with zero attached hydrogens (tertiary/aromatic N) is 1. The zero-order chi connectivity index (χ0) is 14.0. The van der Waals surface area contributed by atoms with Gasteiger partial charge >= 0.3 is 6.18 Å². The number of rotatable bonds is 4. The second-order valence-corrected chi connectivity index (χ2v) is 6.62. The van der Waals surface area contributed by atoms with E-state index in [0.717, 1.165) is 24.2 Å². The van der Waals surface area contributed by atoms with E-state index in [-0.39, 0.29) is 0 Å². The second-order valence-electron chi connectivity index (χ2n) is 5.33. The minimum Gasteiger partial charge on any atom is -0.302 e. The van der Waals surface area contributed by atoms with E-state index < -0.39 is 11.7 Å². The Hall–Kier alpha value is -0.550. The van der Waals surface area contributed by atoms with Crippen molar-refractivity contribution in [2.45, 2.75) is 30.4 Å². The van der Waals surface area contributed by atoms with E-state index >= 15 is 0 Å². The lowest BCUT2D eigenvalue weighted by molar-refractivity contribution is -0.137. The van der Waals surface area contributed by atoms with E-state index in [2.05, 4.69) is 20.8 Å². The van der Waals surface area contributed by atoms with Gasteiger partial charge in [0.05, 0.1) is 5.56 Å². The lowest BCUT2D eigenvalue weighted by Gasteiger charge is -2.34. The lowest BCUT2D eigenvalue weighted by atomic mass is 9.85. The first-order valence-electron chi connectivity index (χ1n) is 6.33. The van der Waals surface area contributed by atoms with Crippen molar-refractivity contribution < 1.29 is 13.2 Å². The van der Waals surface area contributed by atoms with E-state index in [1.54, 1.807) is 12.1 Å². The maximum absolute atomic E-state index is 12.4. The number of hydrogen-bond donors (Lipinski definition) is 0. The highest BCUT2D eigenvalue weighted by molar-refractivity contribution is 9.09. The van der Waals surface area contributed by atoms with Crippen LogP contribution in [0.15, 0.2) is 24.3 Å². The van der Waals surface area contributed by atoms with E-state index in [1.807, 2.05) is 7.05 Å². The van der Waals surface area contributed by atoms with Gasteiger partial charge in [-0.15, -0.1) is 0 Å². The Morgan fingerprint density at radius 1 is 1.21 bits per heavy atom. The van der Waals surface area contributed by atoms with Gasteiger partial charge in [0.1, 0.15) is 0 Å². The van der Waals surface area contributed by atoms with Gasteiger partial charge < -0.3 is 4.90 Å². The number of halogens is 4. The van der Waals surface area contributed by atoms with Gasteiger partial charge in [0, 0.05) is 17.9 Å². The highest BCUT2D eigenvalue weighted by Gasteiger charge is 2.30. The Bertz CT molecular complexity index is 410. The van der Waals surface area contributed by atoms with Gasteiger partial charge in [0.2, 0.25) is 0 Å². The van der Waals surface area contributed by atoms with Crippen LogP contribution < -0.4 is 0 Å². The van der Waals surface area contributed by atoms with Gasteiger partial charge in [-0.05, 0) is 43.5 Å². The Morgan fingerprint density at radius 3 is 2.26 bits per heavy atom. The molecule has 0 saturated heterocycles. The van der Waals surface area contributed by atoms with Crippen LogP contribution in [0, 0.1) is 5.92 Å². The van der Waals surface area contributed by atoms with Crippen LogP contribution in [-0.4, -0.2) is 23.3 Å². The van der Waals surface area contributed by atoms with Gasteiger partial charge in [-0.1, -0.05) is 28.1 Å². The van der Waals surface area contributed by atoms with Gasteiger partial charge in [-0.3, -0.25) is 0 Å². The normalized spacial score (nSPS) is 23.5. The fraction of sp³-hybridized carbons (Fsp3) is 0.571. The Morgan fingerprint density at radius 2 is 1.79 bits per heavy atom. The van der Waals surface area contributed by atoms with Crippen molar-refractivity contribution in [3.05, 3.63) is 35.4 Å². The zero-order valence-electron chi connectivity index (χ0n) is 10.8. The molecular weight excluding hydrogens is 319 g/mol. The molecular formula is C14H17BrF3N. The van der Waals surface area contributed by atoms with Crippen molar-refractivity contribution in [1.29, 1.82) is 0 Å². The molecule has 1 nitrogen and oxygen atoms in total. The quantitative estimate of drug-likeness (QED) is 0.741. The van der Waals surface area contributed by atoms with Gasteiger partial charge in [-0.2, -0.15) is 13.2 Å². The van der Waals surface area contributed by atoms with Crippen molar-refractivity contribution in [3.8, 4) is 0 Å². The van der Waals surface area contributed by atoms with Crippen LogP contribution in [0.2, 0.25) is 0 Å². The molecule has 2 rings (SSSR count). The summed E-state index contributed by atoms with van der Waals surface area (Å²) in [5.41, 5.74) is 0.338. The minimum absolute atomic E-state index is 0.583. The first-order chi connectivity index (χ1) is 8.84. The standard InChI is InChI=1S/C14H17BrF3N/c1-19(9-11-6-13(15)7-11)8-10-2-4-12(5-3-10)14(16,17)18/h2-5,11,13H,6-9H2,1H3. The molecule has 0 aliphatic heterocycles. The minimum atomic E-state index is -4.25. The fourth-order valence-electron chi connectivity index (χ4n) is 2.42. The summed E-state index contributed by atoms with van der Waals surface area (Å²) in [6.07, 6.45) is -1.87. The van der Waals surface area contributed by atoms with Crippen LogP contribution in [0.5, 0.6) is 0 Å². The molecule has 0 spiro atoms. The largest absolute Gasteiger partial charge is 0.416 e. The second kappa shape index (κ2) is 5.83. The average Bonchev–Trinajstić information content (AvgIpc) is 2.26. The molecule has 1 aliphatic rings. The molecule has 1 saturated carbocycles. The van der Waals surface area contributed by atoms with Gasteiger partial charge in [-0.25, -0.2) is 0 Å². The smallest absolute Gasteiger partial charge is 0.302 e. The van der Waals surface area contributed by atoms with E-state index in [4.69, 9.17) is 0 Å². The maximum Gasteiger partial charge on any atom is 0.416 e. The Labute approximate surface area is 119 Å². The maximum atomic E-state index is 12.4. The van der Waals surface area contributed by atoms with Crippen molar-refractivity contribution in [1.82, 2.24) is 4.90 Å². The molecule has 0 N–H and O–H groups in total. The number of alkyl halides is 4. The Balaban J connectivity index is 1.85. The van der Waals surface area contributed by atoms with E-state index in [0.29, 0.717) is 17.3 Å². The predicted molar refractivity (Wildman–Crippen MR) is 73.2 cm³/mol. The van der Waals surface area contributed by atoms with Crippen molar-refractivity contribution in [2.75, 3.05) is 13.6 Å². The summed E-state index contributed by atoms with van der Waals surface area (Å²) in [5.74, 6) is 0.712. The molecule has 1 aromatic carbocycles. The molecule has 106 valence electrons. The predicted octanol–water partition coefficient (Wildman–Crippen LogP) is 4.31. The summed E-state index contributed by atoms with van der Waals surface area (Å²) >= 11 is 3.56. The third-order valence-corrected chi connectivity index (χ3v) is 4.23. The molecule has 0 atom stereocenters. The molecule has 1 aliphatic carbocycles. The zero-order valence-corrected chi connectivity index (χ0v) is 12.3. The molecule has 0 aromatic heterocycles. The summed E-state index contributed by atoms with van der Waals surface area (Å²) in [4.78, 5) is 2.82. The van der Waals surface area contributed by atoms with Crippen LogP contribution in [0.3, 0.4) is 0 Å². The number of benzene rings is 1. The van der Waals surface area contributed by atoms with Crippen molar-refractivity contribution in [2.24, 2.45) is 5.92 Å². The summed E-state index contributed by atoms with van der Waals surface area (Å²) in [6, 6.07) is 5.43. The highest BCUT2D eigenvalue weighted by Crippen LogP contribution is 2.34. The molecule has 0 radical (unpaired) electrons. The molecule has 0 amide bonds. The molecule has 19 heavy (non-hydrogen) atoms. The molecule has 1 fully saturated rings. The average molecular weight is 336 g/mol. The van der Waals surface area contributed by atoms with Crippen LogP contribution >= 0.6 is 15.9 Å². The first kappa shape index (κ1) is 14.9. The number of hydrogen-bond acceptors (Lipinski definition) is 1. The highest BCUT2D eigenvalue weighted by atomic mass is 79.9. The van der Waals surface area contributed by atoms with Crippen molar-refractivity contribution >= 4 is 15.9 Å². The van der Waals surface area contributed by atoms with Gasteiger partial charge in [0.15, 0.2) is 0 Å². The fourth-order valence-corrected chi connectivity index (χ4v) is 3.48. The molecule has 0 heterocycles. The summed E-state index contributed by atoms with van der Waals surface area (Å²) < 4.78 is 37.3. The summed E-state index contributed by atoms with van der Waals surface area (Å²) in [6.45, 7) is 1.70. The van der Waals surface area contributed by atoms with E-state index in [1.165, 1.54) is 12.8 Å².